The number of imide groups is 1. The second-order valence-corrected chi connectivity index (χ2v) is 5.63. The predicted octanol–water partition coefficient (Wildman–Crippen LogP) is 1.77. The van der Waals surface area contributed by atoms with Crippen LogP contribution in [0, 0.1) is 0 Å². The number of hydrogen-bond acceptors (Lipinski definition) is 6. The van der Waals surface area contributed by atoms with E-state index in [0.717, 1.165) is 25.0 Å². The average Bonchev–Trinajstić information content (AvgIpc) is 2.67. The van der Waals surface area contributed by atoms with E-state index in [2.05, 4.69) is 25.3 Å². The zero-order valence-corrected chi connectivity index (χ0v) is 12.5. The van der Waals surface area contributed by atoms with Crippen LogP contribution in [0.1, 0.15) is 44.9 Å². The van der Waals surface area contributed by atoms with Crippen molar-refractivity contribution in [2.45, 2.75) is 50.2 Å². The molecule has 0 radical (unpaired) electrons. The minimum Gasteiger partial charge on any atom is -0.330 e. The first kappa shape index (κ1) is 16.4. The second kappa shape index (κ2) is 8.47. The SMILES string of the molecule is O=C(CCCCC(S)CCS)ON1C(=O)CCC1=O. The summed E-state index contributed by atoms with van der Waals surface area (Å²) in [5.41, 5.74) is 0. The number of unbranched alkanes of at least 4 members (excludes halogenated alkanes) is 1. The van der Waals surface area contributed by atoms with Crippen molar-refractivity contribution in [2.24, 2.45) is 0 Å². The highest BCUT2D eigenvalue weighted by molar-refractivity contribution is 7.81. The molecule has 0 aliphatic carbocycles. The first-order valence-electron chi connectivity index (χ1n) is 6.40. The number of carbonyl (C=O) groups excluding carboxylic acids is 3. The molecule has 0 bridgehead atoms. The Morgan fingerprint density at radius 2 is 1.84 bits per heavy atom. The summed E-state index contributed by atoms with van der Waals surface area (Å²) in [5, 5.41) is 0.889. The highest BCUT2D eigenvalue weighted by Gasteiger charge is 2.32. The molecular weight excluding hydrogens is 286 g/mol. The molecule has 1 saturated heterocycles. The Morgan fingerprint density at radius 3 is 2.42 bits per heavy atom. The third-order valence-electron chi connectivity index (χ3n) is 2.83. The number of hydroxylamine groups is 2. The van der Waals surface area contributed by atoms with E-state index in [9.17, 15) is 14.4 Å². The van der Waals surface area contributed by atoms with E-state index in [1.165, 1.54) is 0 Å². The lowest BCUT2D eigenvalue weighted by Gasteiger charge is -2.12. The van der Waals surface area contributed by atoms with Crippen LogP contribution in [-0.4, -0.2) is 33.8 Å². The van der Waals surface area contributed by atoms with Gasteiger partial charge in [-0.1, -0.05) is 6.42 Å². The van der Waals surface area contributed by atoms with Crippen molar-refractivity contribution in [1.82, 2.24) is 5.06 Å². The van der Waals surface area contributed by atoms with Crippen LogP contribution in [0.5, 0.6) is 0 Å². The summed E-state index contributed by atoms with van der Waals surface area (Å²) < 4.78 is 0. The molecule has 0 aromatic heterocycles. The second-order valence-electron chi connectivity index (χ2n) is 4.46. The van der Waals surface area contributed by atoms with E-state index < -0.39 is 17.8 Å². The molecule has 0 aromatic rings. The van der Waals surface area contributed by atoms with Crippen LogP contribution in [-0.2, 0) is 19.2 Å². The van der Waals surface area contributed by atoms with Gasteiger partial charge in [0.15, 0.2) is 0 Å². The highest BCUT2D eigenvalue weighted by Crippen LogP contribution is 2.15. The van der Waals surface area contributed by atoms with Crippen LogP contribution in [0.4, 0.5) is 0 Å². The van der Waals surface area contributed by atoms with Crippen molar-refractivity contribution >= 4 is 43.0 Å². The first-order valence-corrected chi connectivity index (χ1v) is 7.55. The largest absolute Gasteiger partial charge is 0.333 e. The quantitative estimate of drug-likeness (QED) is 0.407. The van der Waals surface area contributed by atoms with E-state index in [-0.39, 0.29) is 19.3 Å². The molecule has 19 heavy (non-hydrogen) atoms. The minimum atomic E-state index is -0.534. The van der Waals surface area contributed by atoms with Gasteiger partial charge in [-0.3, -0.25) is 9.59 Å². The molecule has 1 aliphatic heterocycles. The predicted molar refractivity (Wildman–Crippen MR) is 76.9 cm³/mol. The zero-order valence-electron chi connectivity index (χ0n) is 10.7. The Bertz CT molecular complexity index is 333. The molecule has 0 spiro atoms. The van der Waals surface area contributed by atoms with Gasteiger partial charge in [0.25, 0.3) is 11.8 Å². The third kappa shape index (κ3) is 5.86. The number of amides is 2. The van der Waals surface area contributed by atoms with Crippen molar-refractivity contribution in [2.75, 3.05) is 5.75 Å². The Labute approximate surface area is 123 Å². The summed E-state index contributed by atoms with van der Waals surface area (Å²) in [7, 11) is 0. The van der Waals surface area contributed by atoms with E-state index in [1.54, 1.807) is 0 Å². The number of rotatable bonds is 8. The average molecular weight is 305 g/mol. The molecule has 1 heterocycles. The van der Waals surface area contributed by atoms with E-state index >= 15 is 0 Å². The maximum absolute atomic E-state index is 11.5. The fourth-order valence-electron chi connectivity index (χ4n) is 1.75. The number of thiol groups is 2. The summed E-state index contributed by atoms with van der Waals surface area (Å²) >= 11 is 8.52. The van der Waals surface area contributed by atoms with E-state index in [4.69, 9.17) is 4.84 Å². The lowest BCUT2D eigenvalue weighted by molar-refractivity contribution is -0.197. The van der Waals surface area contributed by atoms with Crippen molar-refractivity contribution < 1.29 is 19.2 Å². The van der Waals surface area contributed by atoms with Crippen LogP contribution in [0.3, 0.4) is 0 Å². The van der Waals surface area contributed by atoms with Crippen LogP contribution < -0.4 is 0 Å². The lowest BCUT2D eigenvalue weighted by atomic mass is 10.1. The van der Waals surface area contributed by atoms with Crippen molar-refractivity contribution in [3.8, 4) is 0 Å². The van der Waals surface area contributed by atoms with Gasteiger partial charge >= 0.3 is 5.97 Å². The molecule has 1 unspecified atom stereocenters. The molecule has 0 saturated carbocycles. The Hall–Kier alpha value is -0.690. The molecule has 2 amide bonds. The van der Waals surface area contributed by atoms with Crippen LogP contribution in [0.25, 0.3) is 0 Å². The summed E-state index contributed by atoms with van der Waals surface area (Å²) in [5.74, 6) is -0.617. The van der Waals surface area contributed by atoms with Gasteiger partial charge in [-0.25, -0.2) is 4.79 Å². The topological polar surface area (TPSA) is 63.7 Å². The lowest BCUT2D eigenvalue weighted by Crippen LogP contribution is -2.31. The fourth-order valence-corrected chi connectivity index (χ4v) is 2.58. The van der Waals surface area contributed by atoms with Crippen LogP contribution >= 0.6 is 25.3 Å². The van der Waals surface area contributed by atoms with E-state index in [1.807, 2.05) is 0 Å². The molecule has 1 fully saturated rings. The summed E-state index contributed by atoms with van der Waals surface area (Å²) in [6.07, 6.45) is 3.83. The molecule has 7 heteroatoms. The van der Waals surface area contributed by atoms with Crippen LogP contribution in [0.15, 0.2) is 0 Å². The van der Waals surface area contributed by atoms with Crippen molar-refractivity contribution in [3.05, 3.63) is 0 Å². The van der Waals surface area contributed by atoms with Gasteiger partial charge in [-0.2, -0.15) is 25.3 Å². The van der Waals surface area contributed by atoms with Gasteiger partial charge in [0.05, 0.1) is 0 Å². The Morgan fingerprint density at radius 1 is 1.21 bits per heavy atom. The van der Waals surface area contributed by atoms with Crippen molar-refractivity contribution in [1.29, 1.82) is 0 Å². The van der Waals surface area contributed by atoms with Gasteiger partial charge in [0.1, 0.15) is 0 Å². The maximum atomic E-state index is 11.5. The number of nitrogens with zero attached hydrogens (tertiary/aromatic N) is 1. The van der Waals surface area contributed by atoms with Crippen LogP contribution in [0.2, 0.25) is 0 Å². The summed E-state index contributed by atoms with van der Waals surface area (Å²) in [6.45, 7) is 0. The first-order chi connectivity index (χ1) is 9.04. The molecule has 1 atom stereocenters. The minimum absolute atomic E-state index is 0.122. The zero-order chi connectivity index (χ0) is 14.3. The summed E-state index contributed by atoms with van der Waals surface area (Å²) in [4.78, 5) is 38.7. The molecule has 5 nitrogen and oxygen atoms in total. The number of carbonyl (C=O) groups is 3. The summed E-state index contributed by atoms with van der Waals surface area (Å²) in [6, 6.07) is 0. The number of hydrogen-bond donors (Lipinski definition) is 2. The smallest absolute Gasteiger partial charge is 0.330 e. The Kier molecular flexibility index (Phi) is 7.30. The van der Waals surface area contributed by atoms with Gasteiger partial charge in [-0.15, -0.1) is 5.06 Å². The molecule has 0 aromatic carbocycles. The maximum Gasteiger partial charge on any atom is 0.333 e. The molecule has 1 rings (SSSR count). The van der Waals surface area contributed by atoms with Gasteiger partial charge in [-0.05, 0) is 25.0 Å². The van der Waals surface area contributed by atoms with E-state index in [0.29, 0.717) is 16.7 Å². The van der Waals surface area contributed by atoms with Gasteiger partial charge in [0, 0.05) is 24.5 Å². The molecular formula is C12H19NO4S2. The molecule has 0 N–H and O–H groups in total. The van der Waals surface area contributed by atoms with Gasteiger partial charge in [0.2, 0.25) is 0 Å². The highest BCUT2D eigenvalue weighted by atomic mass is 32.1. The normalized spacial score (nSPS) is 16.8. The standard InChI is InChI=1S/C12H19NO4S2/c14-10-5-6-11(15)13(10)17-12(16)4-2-1-3-9(19)7-8-18/h9,18-19H,1-8H2. The van der Waals surface area contributed by atoms with Gasteiger partial charge < -0.3 is 4.84 Å². The third-order valence-corrected chi connectivity index (χ3v) is 3.60. The fraction of sp³-hybridized carbons (Fsp3) is 0.750. The van der Waals surface area contributed by atoms with Crippen molar-refractivity contribution in [3.63, 3.8) is 0 Å². The molecule has 1 aliphatic rings. The molecule has 108 valence electrons. The Balaban J connectivity index is 2.14. The monoisotopic (exact) mass is 305 g/mol.